The van der Waals surface area contributed by atoms with Gasteiger partial charge in [-0.25, -0.2) is 9.48 Å². The zero-order chi connectivity index (χ0) is 14.2. The van der Waals surface area contributed by atoms with E-state index in [1.165, 1.54) is 11.7 Å². The highest BCUT2D eigenvalue weighted by Gasteiger charge is 2.25. The van der Waals surface area contributed by atoms with Crippen LogP contribution in [0.3, 0.4) is 0 Å². The summed E-state index contributed by atoms with van der Waals surface area (Å²) in [6, 6.07) is 0.526. The van der Waals surface area contributed by atoms with Crippen LogP contribution in [0.2, 0.25) is 0 Å². The van der Waals surface area contributed by atoms with Crippen LogP contribution in [0.4, 0.5) is 5.82 Å². The van der Waals surface area contributed by atoms with Crippen molar-refractivity contribution in [1.82, 2.24) is 14.3 Å². The van der Waals surface area contributed by atoms with Gasteiger partial charge in [-0.05, 0) is 25.7 Å². The van der Waals surface area contributed by atoms with Gasteiger partial charge in [-0.2, -0.15) is 0 Å². The quantitative estimate of drug-likeness (QED) is 0.757. The number of hydrogen-bond acceptors (Lipinski definition) is 5. The van der Waals surface area contributed by atoms with Crippen LogP contribution in [0, 0.1) is 0 Å². The Morgan fingerprint density at radius 2 is 1.79 bits per heavy atom. The van der Waals surface area contributed by atoms with Gasteiger partial charge in [0, 0.05) is 33.2 Å². The fraction of sp³-hybridized carbons (Fsp3) is 0.750. The van der Waals surface area contributed by atoms with Gasteiger partial charge in [0.15, 0.2) is 0 Å². The summed E-state index contributed by atoms with van der Waals surface area (Å²) in [6.45, 7) is 0. The molecular weight excluding hydrogens is 246 g/mol. The van der Waals surface area contributed by atoms with E-state index < -0.39 is 5.69 Å². The molecule has 1 aliphatic rings. The number of nitrogens with zero attached hydrogens (tertiary/aromatic N) is 4. The molecule has 106 valence electrons. The van der Waals surface area contributed by atoms with Crippen LogP contribution < -0.4 is 21.9 Å². The molecule has 0 radical (unpaired) electrons. The molecule has 7 nitrogen and oxygen atoms in total. The molecule has 0 spiro atoms. The average molecular weight is 267 g/mol. The zero-order valence-corrected chi connectivity index (χ0v) is 11.7. The Morgan fingerprint density at radius 3 is 2.37 bits per heavy atom. The smallest absolute Gasteiger partial charge is 0.346 e. The highest BCUT2D eigenvalue weighted by molar-refractivity contribution is 5.35. The van der Waals surface area contributed by atoms with Crippen molar-refractivity contribution < 1.29 is 0 Å². The van der Waals surface area contributed by atoms with Crippen LogP contribution in [0.15, 0.2) is 9.59 Å². The zero-order valence-electron chi connectivity index (χ0n) is 11.7. The summed E-state index contributed by atoms with van der Waals surface area (Å²) in [4.78, 5) is 25.6. The first kappa shape index (κ1) is 13.8. The summed E-state index contributed by atoms with van der Waals surface area (Å²) in [5.41, 5.74) is 5.13. The normalized spacial score (nSPS) is 23.4. The summed E-state index contributed by atoms with van der Waals surface area (Å²) >= 11 is 0. The fourth-order valence-electron chi connectivity index (χ4n) is 2.56. The third-order valence-electron chi connectivity index (χ3n) is 3.93. The van der Waals surface area contributed by atoms with Gasteiger partial charge in [0.05, 0.1) is 0 Å². The number of aromatic nitrogens is 3. The van der Waals surface area contributed by atoms with Gasteiger partial charge in [-0.15, -0.1) is 5.10 Å². The molecule has 1 heterocycles. The summed E-state index contributed by atoms with van der Waals surface area (Å²) in [5, 5.41) is 4.09. The SMILES string of the molecule is CN(c1nn(C)c(=O)n(C)c1=O)C1CCC(N)CC1. The van der Waals surface area contributed by atoms with Gasteiger partial charge >= 0.3 is 5.69 Å². The van der Waals surface area contributed by atoms with E-state index in [9.17, 15) is 9.59 Å². The lowest BCUT2D eigenvalue weighted by Gasteiger charge is -2.33. The summed E-state index contributed by atoms with van der Waals surface area (Å²) in [6.07, 6.45) is 3.82. The molecule has 0 saturated heterocycles. The minimum absolute atomic E-state index is 0.262. The molecule has 0 unspecified atom stereocenters. The lowest BCUT2D eigenvalue weighted by molar-refractivity contribution is 0.381. The van der Waals surface area contributed by atoms with Crippen LogP contribution in [-0.2, 0) is 14.1 Å². The van der Waals surface area contributed by atoms with Crippen LogP contribution in [0.5, 0.6) is 0 Å². The molecule has 0 aliphatic heterocycles. The fourth-order valence-corrected chi connectivity index (χ4v) is 2.56. The molecule has 1 aromatic heterocycles. The summed E-state index contributed by atoms with van der Waals surface area (Å²) < 4.78 is 2.29. The van der Waals surface area contributed by atoms with E-state index >= 15 is 0 Å². The van der Waals surface area contributed by atoms with Crippen molar-refractivity contribution in [2.75, 3.05) is 11.9 Å². The highest BCUT2D eigenvalue weighted by Crippen LogP contribution is 2.22. The average Bonchev–Trinajstić information content (AvgIpc) is 2.40. The van der Waals surface area contributed by atoms with E-state index in [0.29, 0.717) is 5.82 Å². The molecular formula is C12H21N5O2. The van der Waals surface area contributed by atoms with E-state index in [1.807, 2.05) is 11.9 Å². The largest absolute Gasteiger partial charge is 0.351 e. The van der Waals surface area contributed by atoms with Crippen molar-refractivity contribution in [3.63, 3.8) is 0 Å². The molecule has 1 aromatic rings. The molecule has 1 saturated carbocycles. The molecule has 2 N–H and O–H groups in total. The molecule has 2 rings (SSSR count). The predicted molar refractivity (Wildman–Crippen MR) is 73.4 cm³/mol. The van der Waals surface area contributed by atoms with E-state index in [4.69, 9.17) is 5.73 Å². The number of nitrogens with two attached hydrogens (primary N) is 1. The van der Waals surface area contributed by atoms with Crippen LogP contribution in [0.25, 0.3) is 0 Å². The Balaban J connectivity index is 2.32. The lowest BCUT2D eigenvalue weighted by atomic mass is 9.91. The summed E-state index contributed by atoms with van der Waals surface area (Å²) in [5.74, 6) is 0.324. The highest BCUT2D eigenvalue weighted by atomic mass is 16.2. The second kappa shape index (κ2) is 5.16. The van der Waals surface area contributed by atoms with Gasteiger partial charge < -0.3 is 10.6 Å². The van der Waals surface area contributed by atoms with Gasteiger partial charge in [0.1, 0.15) is 0 Å². The van der Waals surface area contributed by atoms with E-state index in [-0.39, 0.29) is 17.6 Å². The van der Waals surface area contributed by atoms with Crippen LogP contribution in [0.1, 0.15) is 25.7 Å². The number of rotatable bonds is 2. The molecule has 0 aromatic carbocycles. The first-order valence-corrected chi connectivity index (χ1v) is 6.54. The Hall–Kier alpha value is -1.63. The van der Waals surface area contributed by atoms with E-state index in [2.05, 4.69) is 5.10 Å². The van der Waals surface area contributed by atoms with Crippen molar-refractivity contribution >= 4 is 5.82 Å². The Bertz CT molecular complexity index is 568. The molecule has 19 heavy (non-hydrogen) atoms. The molecule has 7 heteroatoms. The molecule has 0 amide bonds. The number of aryl methyl sites for hydroxylation is 1. The topological polar surface area (TPSA) is 86.2 Å². The molecule has 1 aliphatic carbocycles. The van der Waals surface area contributed by atoms with Gasteiger partial charge in [-0.3, -0.25) is 9.36 Å². The van der Waals surface area contributed by atoms with Crippen molar-refractivity contribution in [3.8, 4) is 0 Å². The second-order valence-corrected chi connectivity index (χ2v) is 5.27. The maximum atomic E-state index is 12.1. The standard InChI is InChI=1S/C12H21N5O2/c1-15(9-6-4-8(13)5-7-9)10-11(18)16(2)12(19)17(3)14-10/h8-9H,4-7,13H2,1-3H3. The van der Waals surface area contributed by atoms with Crippen LogP contribution >= 0.6 is 0 Å². The first-order valence-electron chi connectivity index (χ1n) is 6.54. The third-order valence-corrected chi connectivity index (χ3v) is 3.93. The Kier molecular flexibility index (Phi) is 3.75. The van der Waals surface area contributed by atoms with Crippen molar-refractivity contribution in [1.29, 1.82) is 0 Å². The maximum absolute atomic E-state index is 12.1. The van der Waals surface area contributed by atoms with E-state index in [0.717, 1.165) is 30.3 Å². The van der Waals surface area contributed by atoms with Crippen molar-refractivity contribution in [2.45, 2.75) is 37.8 Å². The van der Waals surface area contributed by atoms with Gasteiger partial charge in [0.2, 0.25) is 5.82 Å². The Labute approximate surface area is 111 Å². The second-order valence-electron chi connectivity index (χ2n) is 5.27. The number of anilines is 1. The van der Waals surface area contributed by atoms with E-state index in [1.54, 1.807) is 7.05 Å². The first-order chi connectivity index (χ1) is 8.91. The monoisotopic (exact) mass is 267 g/mol. The minimum atomic E-state index is -0.409. The van der Waals surface area contributed by atoms with Gasteiger partial charge in [-0.1, -0.05) is 0 Å². The van der Waals surface area contributed by atoms with Crippen molar-refractivity contribution in [2.24, 2.45) is 19.8 Å². The minimum Gasteiger partial charge on any atom is -0.351 e. The maximum Gasteiger partial charge on any atom is 0.346 e. The van der Waals surface area contributed by atoms with Crippen LogP contribution in [-0.4, -0.2) is 33.5 Å². The lowest BCUT2D eigenvalue weighted by Crippen LogP contribution is -2.46. The third kappa shape index (κ3) is 2.56. The predicted octanol–water partition coefficient (Wildman–Crippen LogP) is -0.815. The molecule has 1 fully saturated rings. The summed E-state index contributed by atoms with van der Waals surface area (Å²) in [7, 11) is 4.88. The Morgan fingerprint density at radius 1 is 1.21 bits per heavy atom. The molecule has 0 atom stereocenters. The van der Waals surface area contributed by atoms with Crippen molar-refractivity contribution in [3.05, 3.63) is 20.8 Å². The molecule has 0 bridgehead atoms. The number of hydrogen-bond donors (Lipinski definition) is 1. The van der Waals surface area contributed by atoms with Gasteiger partial charge in [0.25, 0.3) is 5.56 Å².